The van der Waals surface area contributed by atoms with Crippen molar-refractivity contribution in [1.82, 2.24) is 0 Å². The highest BCUT2D eigenvalue weighted by Gasteiger charge is 2.17. The van der Waals surface area contributed by atoms with E-state index in [-0.39, 0.29) is 11.5 Å². The minimum Gasteiger partial charge on any atom is -0.508 e. The molecule has 0 bridgehead atoms. The molecule has 5 heteroatoms. The molecule has 4 nitrogen and oxygen atoms in total. The standard InChI is InChI=1S/C9H5BrO4/c10-7-5-3-4(11)1-2-6(5)14-8(7)9(12)13/h1-3,11H,(H,12,13). The van der Waals surface area contributed by atoms with Crippen LogP contribution >= 0.6 is 15.9 Å². The predicted octanol–water partition coefficient (Wildman–Crippen LogP) is 2.60. The number of rotatable bonds is 1. The summed E-state index contributed by atoms with van der Waals surface area (Å²) in [5.41, 5.74) is 0.423. The van der Waals surface area contributed by atoms with E-state index in [0.717, 1.165) is 0 Å². The van der Waals surface area contributed by atoms with Crippen LogP contribution in [0.4, 0.5) is 0 Å². The number of carboxylic acids is 1. The van der Waals surface area contributed by atoms with Gasteiger partial charge in [0.15, 0.2) is 0 Å². The summed E-state index contributed by atoms with van der Waals surface area (Å²) < 4.78 is 5.40. The average Bonchev–Trinajstić information content (AvgIpc) is 2.44. The van der Waals surface area contributed by atoms with E-state index in [1.165, 1.54) is 18.2 Å². The highest BCUT2D eigenvalue weighted by molar-refractivity contribution is 9.10. The lowest BCUT2D eigenvalue weighted by molar-refractivity contribution is 0.0663. The molecule has 14 heavy (non-hydrogen) atoms. The van der Waals surface area contributed by atoms with Gasteiger partial charge in [0, 0.05) is 5.39 Å². The Kier molecular flexibility index (Phi) is 1.96. The van der Waals surface area contributed by atoms with Crippen molar-refractivity contribution in [2.75, 3.05) is 0 Å². The first-order valence-corrected chi connectivity index (χ1v) is 4.53. The second-order valence-electron chi connectivity index (χ2n) is 2.73. The quantitative estimate of drug-likeness (QED) is 0.823. The van der Waals surface area contributed by atoms with Crippen LogP contribution in [0.2, 0.25) is 0 Å². The molecule has 1 aromatic heterocycles. The van der Waals surface area contributed by atoms with Crippen molar-refractivity contribution in [1.29, 1.82) is 0 Å². The van der Waals surface area contributed by atoms with Crippen molar-refractivity contribution in [3.05, 3.63) is 28.4 Å². The van der Waals surface area contributed by atoms with E-state index < -0.39 is 5.97 Å². The summed E-state index contributed by atoms with van der Waals surface area (Å²) in [5, 5.41) is 18.5. The summed E-state index contributed by atoms with van der Waals surface area (Å²) in [6.07, 6.45) is 0. The summed E-state index contributed by atoms with van der Waals surface area (Å²) in [6, 6.07) is 4.39. The fraction of sp³-hybridized carbons (Fsp3) is 0. The molecule has 0 saturated heterocycles. The fourth-order valence-corrected chi connectivity index (χ4v) is 1.75. The highest BCUT2D eigenvalue weighted by atomic mass is 79.9. The first-order valence-electron chi connectivity index (χ1n) is 3.74. The molecular formula is C9H5BrO4. The van der Waals surface area contributed by atoms with Gasteiger partial charge in [-0.05, 0) is 34.1 Å². The molecule has 2 N–H and O–H groups in total. The summed E-state index contributed by atoms with van der Waals surface area (Å²) in [4.78, 5) is 10.7. The van der Waals surface area contributed by atoms with Gasteiger partial charge < -0.3 is 14.6 Å². The minimum atomic E-state index is -1.15. The highest BCUT2D eigenvalue weighted by Crippen LogP contribution is 2.32. The van der Waals surface area contributed by atoms with Crippen LogP contribution in [0.1, 0.15) is 10.6 Å². The number of halogens is 1. The van der Waals surface area contributed by atoms with Crippen LogP contribution in [-0.4, -0.2) is 16.2 Å². The Balaban J connectivity index is 2.80. The lowest BCUT2D eigenvalue weighted by atomic mass is 10.2. The van der Waals surface area contributed by atoms with Gasteiger partial charge in [0.2, 0.25) is 5.76 Å². The zero-order valence-corrected chi connectivity index (χ0v) is 8.41. The van der Waals surface area contributed by atoms with Crippen molar-refractivity contribution >= 4 is 32.9 Å². The van der Waals surface area contributed by atoms with Crippen molar-refractivity contribution in [3.8, 4) is 5.75 Å². The third-order valence-electron chi connectivity index (χ3n) is 1.81. The van der Waals surface area contributed by atoms with Crippen LogP contribution < -0.4 is 0 Å². The maximum absolute atomic E-state index is 10.7. The van der Waals surface area contributed by atoms with Crippen LogP contribution in [0.15, 0.2) is 27.1 Å². The van der Waals surface area contributed by atoms with Crippen molar-refractivity contribution in [2.24, 2.45) is 0 Å². The van der Waals surface area contributed by atoms with Crippen LogP contribution in [-0.2, 0) is 0 Å². The van der Waals surface area contributed by atoms with E-state index in [2.05, 4.69) is 15.9 Å². The van der Waals surface area contributed by atoms with Crippen molar-refractivity contribution < 1.29 is 19.4 Å². The monoisotopic (exact) mass is 256 g/mol. The summed E-state index contributed by atoms with van der Waals surface area (Å²) in [5.74, 6) is -1.24. The van der Waals surface area contributed by atoms with Gasteiger partial charge in [0.05, 0.1) is 4.47 Å². The molecule has 1 heterocycles. The van der Waals surface area contributed by atoms with Gasteiger partial charge in [0.1, 0.15) is 11.3 Å². The van der Waals surface area contributed by atoms with E-state index in [9.17, 15) is 9.90 Å². The molecule has 0 saturated carbocycles. The molecule has 0 aliphatic carbocycles. The third kappa shape index (κ3) is 1.26. The van der Waals surface area contributed by atoms with E-state index >= 15 is 0 Å². The van der Waals surface area contributed by atoms with Gasteiger partial charge in [-0.25, -0.2) is 4.79 Å². The minimum absolute atomic E-state index is 0.0657. The van der Waals surface area contributed by atoms with Crippen LogP contribution in [0.5, 0.6) is 5.75 Å². The van der Waals surface area contributed by atoms with Crippen molar-refractivity contribution in [2.45, 2.75) is 0 Å². The second kappa shape index (κ2) is 3.02. The Bertz CT molecular complexity index is 515. The maximum atomic E-state index is 10.7. The number of phenols is 1. The SMILES string of the molecule is O=C(O)c1oc2ccc(O)cc2c1Br. The van der Waals surface area contributed by atoms with Gasteiger partial charge in [0.25, 0.3) is 0 Å². The summed E-state index contributed by atoms with van der Waals surface area (Å²) in [7, 11) is 0. The normalized spacial score (nSPS) is 10.6. The maximum Gasteiger partial charge on any atom is 0.373 e. The number of phenolic OH excluding ortho intramolecular Hbond substituents is 1. The Morgan fingerprint density at radius 1 is 1.43 bits per heavy atom. The molecule has 0 amide bonds. The van der Waals surface area contributed by atoms with E-state index in [1.807, 2.05) is 0 Å². The van der Waals surface area contributed by atoms with Gasteiger partial charge >= 0.3 is 5.97 Å². The Hall–Kier alpha value is -1.49. The van der Waals surface area contributed by atoms with Gasteiger partial charge in [-0.2, -0.15) is 0 Å². The Morgan fingerprint density at radius 2 is 2.14 bits per heavy atom. The first kappa shape index (κ1) is 9.08. The van der Waals surface area contributed by atoms with Crippen LogP contribution in [0, 0.1) is 0 Å². The lowest BCUT2D eigenvalue weighted by Crippen LogP contribution is -1.93. The molecule has 72 valence electrons. The lowest BCUT2D eigenvalue weighted by Gasteiger charge is -1.89. The first-order chi connectivity index (χ1) is 6.59. The fourth-order valence-electron chi connectivity index (χ4n) is 1.19. The molecule has 2 aromatic rings. The zero-order valence-electron chi connectivity index (χ0n) is 6.82. The molecule has 0 aliphatic rings. The topological polar surface area (TPSA) is 70.7 Å². The van der Waals surface area contributed by atoms with Gasteiger partial charge in [-0.3, -0.25) is 0 Å². The summed E-state index contributed by atoms with van der Waals surface area (Å²) >= 11 is 3.10. The molecule has 0 radical (unpaired) electrons. The van der Waals surface area contributed by atoms with Crippen LogP contribution in [0.3, 0.4) is 0 Å². The number of hydrogen-bond donors (Lipinski definition) is 2. The van der Waals surface area contributed by atoms with Crippen molar-refractivity contribution in [3.63, 3.8) is 0 Å². The number of aromatic hydroxyl groups is 1. The number of fused-ring (bicyclic) bond motifs is 1. The molecule has 0 fully saturated rings. The second-order valence-corrected chi connectivity index (χ2v) is 3.52. The largest absolute Gasteiger partial charge is 0.508 e. The van der Waals surface area contributed by atoms with E-state index in [0.29, 0.717) is 15.4 Å². The van der Waals surface area contributed by atoms with E-state index in [4.69, 9.17) is 9.52 Å². The van der Waals surface area contributed by atoms with E-state index in [1.54, 1.807) is 0 Å². The molecule has 1 aromatic carbocycles. The Morgan fingerprint density at radius 3 is 2.79 bits per heavy atom. The molecule has 0 aliphatic heterocycles. The molecule has 0 spiro atoms. The van der Waals surface area contributed by atoms with Gasteiger partial charge in [-0.1, -0.05) is 0 Å². The number of hydrogen-bond acceptors (Lipinski definition) is 3. The molecule has 0 atom stereocenters. The molecule has 0 unspecified atom stereocenters. The average molecular weight is 257 g/mol. The molecular weight excluding hydrogens is 252 g/mol. The number of carbonyl (C=O) groups is 1. The summed E-state index contributed by atoms with van der Waals surface area (Å²) in [6.45, 7) is 0. The zero-order chi connectivity index (χ0) is 10.3. The van der Waals surface area contributed by atoms with Crippen LogP contribution in [0.25, 0.3) is 11.0 Å². The third-order valence-corrected chi connectivity index (χ3v) is 2.59. The predicted molar refractivity (Wildman–Crippen MR) is 52.5 cm³/mol. The Labute approximate surface area is 86.9 Å². The number of aromatic carboxylic acids is 1. The smallest absolute Gasteiger partial charge is 0.373 e. The van der Waals surface area contributed by atoms with Gasteiger partial charge in [-0.15, -0.1) is 0 Å². The number of furan rings is 1. The number of carboxylic acid groups (broad SMARTS) is 1. The molecule has 2 rings (SSSR count). The number of benzene rings is 1.